The van der Waals surface area contributed by atoms with E-state index in [2.05, 4.69) is 9.47 Å². The van der Waals surface area contributed by atoms with E-state index in [0.29, 0.717) is 0 Å². The zero-order valence-corrected chi connectivity index (χ0v) is 8.78. The molecule has 5 nitrogen and oxygen atoms in total. The van der Waals surface area contributed by atoms with Crippen LogP contribution >= 0.6 is 0 Å². The Balaban J connectivity index is 3.81. The largest absolute Gasteiger partial charge is 0.516 e. The molecule has 0 aromatic rings. The third kappa shape index (κ3) is 5.53. The van der Waals surface area contributed by atoms with Gasteiger partial charge >= 0.3 is 12.1 Å². The Morgan fingerprint density at radius 1 is 1.36 bits per heavy atom. The molecule has 0 aromatic carbocycles. The first-order chi connectivity index (χ1) is 6.47. The van der Waals surface area contributed by atoms with E-state index in [-0.39, 0.29) is 25.0 Å². The number of esters is 1. The van der Waals surface area contributed by atoms with Gasteiger partial charge in [0.1, 0.15) is 0 Å². The van der Waals surface area contributed by atoms with E-state index in [9.17, 15) is 9.59 Å². The van der Waals surface area contributed by atoms with Crippen LogP contribution in [-0.2, 0) is 14.3 Å². The molecule has 2 N–H and O–H groups in total. The lowest BCUT2D eigenvalue weighted by atomic mass is 10.0. The average molecular weight is 203 g/mol. The second kappa shape index (κ2) is 6.37. The van der Waals surface area contributed by atoms with Gasteiger partial charge < -0.3 is 15.2 Å². The molecule has 0 heterocycles. The molecule has 82 valence electrons. The summed E-state index contributed by atoms with van der Waals surface area (Å²) in [7, 11) is 0. The molecule has 5 heteroatoms. The van der Waals surface area contributed by atoms with Gasteiger partial charge in [0.25, 0.3) is 0 Å². The molecule has 1 unspecified atom stereocenters. The van der Waals surface area contributed by atoms with Crippen molar-refractivity contribution >= 4 is 12.1 Å². The minimum absolute atomic E-state index is 0.0243. The summed E-state index contributed by atoms with van der Waals surface area (Å²) in [6.45, 7) is 5.60. The fourth-order valence-corrected chi connectivity index (χ4v) is 0.710. The van der Waals surface area contributed by atoms with Crippen molar-refractivity contribution < 1.29 is 19.1 Å². The van der Waals surface area contributed by atoms with Gasteiger partial charge in [-0.25, -0.2) is 4.79 Å². The first-order valence-corrected chi connectivity index (χ1v) is 4.60. The number of nitrogens with two attached hydrogens (primary N) is 1. The third-order valence-corrected chi connectivity index (χ3v) is 1.72. The molecule has 0 rings (SSSR count). The van der Waals surface area contributed by atoms with Crippen molar-refractivity contribution in [1.29, 1.82) is 0 Å². The number of carbonyl (C=O) groups excluding carboxylic acids is 2. The Morgan fingerprint density at radius 3 is 2.36 bits per heavy atom. The second-order valence-corrected chi connectivity index (χ2v) is 3.27. The van der Waals surface area contributed by atoms with Crippen LogP contribution in [0.15, 0.2) is 0 Å². The van der Waals surface area contributed by atoms with Gasteiger partial charge in [0.2, 0.25) is 0 Å². The van der Waals surface area contributed by atoms with Crippen LogP contribution in [0.2, 0.25) is 0 Å². The van der Waals surface area contributed by atoms with E-state index in [1.807, 2.05) is 13.8 Å². The maximum absolute atomic E-state index is 11.0. The Kier molecular flexibility index (Phi) is 5.87. The lowest BCUT2D eigenvalue weighted by molar-refractivity contribution is -0.140. The predicted molar refractivity (Wildman–Crippen MR) is 50.5 cm³/mol. The van der Waals surface area contributed by atoms with Crippen molar-refractivity contribution in [3.63, 3.8) is 0 Å². The molecule has 0 amide bonds. The molecule has 0 bridgehead atoms. The molecular formula is C9H17NO4. The summed E-state index contributed by atoms with van der Waals surface area (Å²) in [6, 6.07) is -0.295. The normalized spacial score (nSPS) is 12.4. The maximum atomic E-state index is 11.0. The highest BCUT2D eigenvalue weighted by molar-refractivity contribution is 5.82. The van der Waals surface area contributed by atoms with Gasteiger partial charge in [-0.1, -0.05) is 13.8 Å². The summed E-state index contributed by atoms with van der Waals surface area (Å²) in [4.78, 5) is 21.7. The Hall–Kier alpha value is -1.10. The van der Waals surface area contributed by atoms with Crippen LogP contribution in [0.1, 0.15) is 27.2 Å². The van der Waals surface area contributed by atoms with Crippen molar-refractivity contribution in [3.05, 3.63) is 0 Å². The van der Waals surface area contributed by atoms with Gasteiger partial charge in [-0.3, -0.25) is 4.79 Å². The van der Waals surface area contributed by atoms with Crippen molar-refractivity contribution in [2.24, 2.45) is 11.7 Å². The average Bonchev–Trinajstić information content (AvgIpc) is 2.03. The van der Waals surface area contributed by atoms with E-state index in [1.54, 1.807) is 6.92 Å². The summed E-state index contributed by atoms with van der Waals surface area (Å²) in [5, 5.41) is 0. The number of hydrogen-bond acceptors (Lipinski definition) is 5. The quantitative estimate of drug-likeness (QED) is 0.546. The van der Waals surface area contributed by atoms with E-state index >= 15 is 0 Å². The molecule has 0 aliphatic heterocycles. The molecule has 14 heavy (non-hydrogen) atoms. The number of rotatable bonds is 4. The Labute approximate surface area is 83.5 Å². The lowest BCUT2D eigenvalue weighted by Crippen LogP contribution is -2.30. The highest BCUT2D eigenvalue weighted by atomic mass is 16.7. The molecular weight excluding hydrogens is 186 g/mol. The van der Waals surface area contributed by atoms with Crippen LogP contribution in [0.3, 0.4) is 0 Å². The summed E-state index contributed by atoms with van der Waals surface area (Å²) < 4.78 is 8.76. The topological polar surface area (TPSA) is 78.6 Å². The molecule has 0 saturated carbocycles. The van der Waals surface area contributed by atoms with Crippen LogP contribution in [0.25, 0.3) is 0 Å². The summed E-state index contributed by atoms with van der Waals surface area (Å²) >= 11 is 0. The summed E-state index contributed by atoms with van der Waals surface area (Å²) in [5.74, 6) is -0.477. The van der Waals surface area contributed by atoms with Gasteiger partial charge in [0, 0.05) is 6.04 Å². The fraction of sp³-hybridized carbons (Fsp3) is 0.778. The van der Waals surface area contributed by atoms with E-state index in [1.165, 1.54) is 0 Å². The highest BCUT2D eigenvalue weighted by Gasteiger charge is 2.17. The third-order valence-electron chi connectivity index (χ3n) is 1.72. The second-order valence-electron chi connectivity index (χ2n) is 3.27. The van der Waals surface area contributed by atoms with Crippen molar-refractivity contribution in [2.75, 3.05) is 6.61 Å². The first kappa shape index (κ1) is 12.9. The molecule has 0 fully saturated rings. The van der Waals surface area contributed by atoms with Gasteiger partial charge in [-0.05, 0) is 12.8 Å². The number of carbonyl (C=O) groups is 2. The predicted octanol–water partition coefficient (Wildman–Crippen LogP) is 1.06. The minimum Gasteiger partial charge on any atom is -0.434 e. The van der Waals surface area contributed by atoms with Crippen LogP contribution < -0.4 is 5.73 Å². The Bertz CT molecular complexity index is 203. The monoisotopic (exact) mass is 203 g/mol. The molecule has 1 atom stereocenters. The SMILES string of the molecule is CCOC(=O)OC(=O)CC(N)C(C)C. The first-order valence-electron chi connectivity index (χ1n) is 4.60. The van der Waals surface area contributed by atoms with Gasteiger partial charge in [-0.2, -0.15) is 0 Å². The van der Waals surface area contributed by atoms with Gasteiger partial charge in [0.05, 0.1) is 13.0 Å². The number of ether oxygens (including phenoxy) is 2. The van der Waals surface area contributed by atoms with Crippen LogP contribution in [0.5, 0.6) is 0 Å². The van der Waals surface area contributed by atoms with Crippen LogP contribution in [-0.4, -0.2) is 24.8 Å². The molecule has 0 spiro atoms. The van der Waals surface area contributed by atoms with Gasteiger partial charge in [-0.15, -0.1) is 0 Å². The van der Waals surface area contributed by atoms with Crippen molar-refractivity contribution in [2.45, 2.75) is 33.2 Å². The van der Waals surface area contributed by atoms with Crippen molar-refractivity contribution in [3.8, 4) is 0 Å². The van der Waals surface area contributed by atoms with Crippen LogP contribution in [0.4, 0.5) is 4.79 Å². The molecule has 0 radical (unpaired) electrons. The summed E-state index contributed by atoms with van der Waals surface area (Å²) in [5.41, 5.74) is 5.61. The summed E-state index contributed by atoms with van der Waals surface area (Å²) in [6.07, 6.45) is -0.940. The molecule has 0 aliphatic rings. The molecule has 0 aromatic heterocycles. The fourth-order valence-electron chi connectivity index (χ4n) is 0.710. The molecule has 0 saturated heterocycles. The van der Waals surface area contributed by atoms with E-state index < -0.39 is 12.1 Å². The zero-order valence-electron chi connectivity index (χ0n) is 8.78. The van der Waals surface area contributed by atoms with E-state index in [4.69, 9.17) is 5.73 Å². The smallest absolute Gasteiger partial charge is 0.434 e. The van der Waals surface area contributed by atoms with E-state index in [0.717, 1.165) is 0 Å². The minimum atomic E-state index is -0.964. The highest BCUT2D eigenvalue weighted by Crippen LogP contribution is 2.04. The molecule has 0 aliphatic carbocycles. The standard InChI is InChI=1S/C9H17NO4/c1-4-13-9(12)14-8(11)5-7(10)6(2)3/h6-7H,4-5,10H2,1-3H3. The van der Waals surface area contributed by atoms with Crippen LogP contribution in [0, 0.1) is 5.92 Å². The lowest BCUT2D eigenvalue weighted by Gasteiger charge is -2.13. The van der Waals surface area contributed by atoms with Crippen molar-refractivity contribution in [1.82, 2.24) is 0 Å². The Morgan fingerprint density at radius 2 is 1.93 bits per heavy atom. The number of hydrogen-bond donors (Lipinski definition) is 1. The zero-order chi connectivity index (χ0) is 11.1. The van der Waals surface area contributed by atoms with Gasteiger partial charge in [0.15, 0.2) is 0 Å². The maximum Gasteiger partial charge on any atom is 0.516 e.